The number of likely N-dealkylation sites (tertiary alicyclic amines) is 1. The normalized spacial score (nSPS) is 30.9. The molecule has 1 heterocycles. The molecule has 1 fully saturated rings. The maximum Gasteiger partial charge on any atom is 0.0527 e. The smallest absolute Gasteiger partial charge is 0.0527 e. The fourth-order valence-electron chi connectivity index (χ4n) is 1.67. The SMILES string of the molecule is CC(O)C[C@@H]1CCCN1C. The van der Waals surface area contributed by atoms with E-state index in [1.807, 2.05) is 6.92 Å². The van der Waals surface area contributed by atoms with E-state index in [1.54, 1.807) is 0 Å². The molecule has 1 rings (SSSR count). The van der Waals surface area contributed by atoms with Gasteiger partial charge in [-0.1, -0.05) is 0 Å². The summed E-state index contributed by atoms with van der Waals surface area (Å²) in [6.45, 7) is 3.07. The van der Waals surface area contributed by atoms with Crippen molar-refractivity contribution in [2.24, 2.45) is 0 Å². The molecule has 0 bridgehead atoms. The summed E-state index contributed by atoms with van der Waals surface area (Å²) in [5.74, 6) is 0. The van der Waals surface area contributed by atoms with Gasteiger partial charge < -0.3 is 10.0 Å². The van der Waals surface area contributed by atoms with Crippen molar-refractivity contribution in [3.05, 3.63) is 0 Å². The molecule has 2 heteroatoms. The molecule has 2 nitrogen and oxygen atoms in total. The minimum atomic E-state index is -0.134. The predicted octanol–water partition coefficient (Wildman–Crippen LogP) is 0.851. The van der Waals surface area contributed by atoms with Crippen LogP contribution in [0.25, 0.3) is 0 Å². The summed E-state index contributed by atoms with van der Waals surface area (Å²) in [5, 5.41) is 9.10. The van der Waals surface area contributed by atoms with Gasteiger partial charge in [-0.05, 0) is 39.8 Å². The van der Waals surface area contributed by atoms with Gasteiger partial charge in [0.25, 0.3) is 0 Å². The molecule has 1 saturated heterocycles. The first-order chi connectivity index (χ1) is 4.70. The molecule has 0 aromatic heterocycles. The van der Waals surface area contributed by atoms with E-state index in [2.05, 4.69) is 11.9 Å². The molecule has 1 aliphatic rings. The largest absolute Gasteiger partial charge is 0.393 e. The van der Waals surface area contributed by atoms with Crippen LogP contribution in [0.15, 0.2) is 0 Å². The standard InChI is InChI=1S/C8H17NO/c1-7(10)6-8-4-3-5-9(8)2/h7-8,10H,3-6H2,1-2H3/t7?,8-/m0/s1. The molecule has 0 aliphatic carbocycles. The molecule has 0 spiro atoms. The van der Waals surface area contributed by atoms with E-state index >= 15 is 0 Å². The first kappa shape index (κ1) is 8.02. The lowest BCUT2D eigenvalue weighted by atomic mass is 10.1. The molecule has 1 unspecified atom stereocenters. The van der Waals surface area contributed by atoms with Crippen molar-refractivity contribution >= 4 is 0 Å². The fourth-order valence-corrected chi connectivity index (χ4v) is 1.67. The van der Waals surface area contributed by atoms with E-state index in [1.165, 1.54) is 19.4 Å². The van der Waals surface area contributed by atoms with Gasteiger partial charge in [0, 0.05) is 6.04 Å². The van der Waals surface area contributed by atoms with Crippen LogP contribution in [0.2, 0.25) is 0 Å². The van der Waals surface area contributed by atoms with E-state index in [4.69, 9.17) is 5.11 Å². The van der Waals surface area contributed by atoms with E-state index in [0.29, 0.717) is 6.04 Å². The van der Waals surface area contributed by atoms with Crippen LogP contribution in [-0.2, 0) is 0 Å². The van der Waals surface area contributed by atoms with Gasteiger partial charge in [-0.3, -0.25) is 0 Å². The maximum absolute atomic E-state index is 9.10. The van der Waals surface area contributed by atoms with Crippen LogP contribution < -0.4 is 0 Å². The van der Waals surface area contributed by atoms with Crippen molar-refractivity contribution in [3.8, 4) is 0 Å². The summed E-state index contributed by atoms with van der Waals surface area (Å²) < 4.78 is 0. The summed E-state index contributed by atoms with van der Waals surface area (Å²) in [6, 6.07) is 0.639. The third-order valence-corrected chi connectivity index (χ3v) is 2.28. The first-order valence-corrected chi connectivity index (χ1v) is 4.08. The third-order valence-electron chi connectivity index (χ3n) is 2.28. The topological polar surface area (TPSA) is 23.5 Å². The molecule has 1 N–H and O–H groups in total. The molecule has 0 aromatic carbocycles. The number of hydrogen-bond acceptors (Lipinski definition) is 2. The summed E-state index contributed by atoms with van der Waals surface area (Å²) in [7, 11) is 2.14. The summed E-state index contributed by atoms with van der Waals surface area (Å²) in [6.07, 6.45) is 3.37. The van der Waals surface area contributed by atoms with Crippen LogP contribution in [0.4, 0.5) is 0 Å². The van der Waals surface area contributed by atoms with Gasteiger partial charge in [0.2, 0.25) is 0 Å². The second-order valence-electron chi connectivity index (χ2n) is 3.36. The maximum atomic E-state index is 9.10. The molecule has 0 amide bonds. The van der Waals surface area contributed by atoms with Crippen molar-refractivity contribution < 1.29 is 5.11 Å². The summed E-state index contributed by atoms with van der Waals surface area (Å²) in [4.78, 5) is 2.34. The van der Waals surface area contributed by atoms with E-state index in [9.17, 15) is 0 Å². The highest BCUT2D eigenvalue weighted by molar-refractivity contribution is 4.77. The van der Waals surface area contributed by atoms with Crippen molar-refractivity contribution in [2.45, 2.75) is 38.3 Å². The number of hydrogen-bond donors (Lipinski definition) is 1. The lowest BCUT2D eigenvalue weighted by molar-refractivity contribution is 0.144. The second-order valence-corrected chi connectivity index (χ2v) is 3.36. The van der Waals surface area contributed by atoms with Gasteiger partial charge in [0.15, 0.2) is 0 Å². The van der Waals surface area contributed by atoms with Crippen LogP contribution in [-0.4, -0.2) is 35.7 Å². The molecule has 2 atom stereocenters. The van der Waals surface area contributed by atoms with Crippen LogP contribution >= 0.6 is 0 Å². The Hall–Kier alpha value is -0.0800. The van der Waals surface area contributed by atoms with Crippen molar-refractivity contribution in [2.75, 3.05) is 13.6 Å². The Labute approximate surface area is 62.8 Å². The molecule has 0 radical (unpaired) electrons. The summed E-state index contributed by atoms with van der Waals surface area (Å²) >= 11 is 0. The molecular formula is C8H17NO. The third kappa shape index (κ3) is 1.96. The van der Waals surface area contributed by atoms with Crippen LogP contribution in [0.5, 0.6) is 0 Å². The Morgan fingerprint density at radius 2 is 2.40 bits per heavy atom. The average molecular weight is 143 g/mol. The number of nitrogens with zero attached hydrogens (tertiary/aromatic N) is 1. The Morgan fingerprint density at radius 1 is 1.70 bits per heavy atom. The Kier molecular flexibility index (Phi) is 2.69. The summed E-state index contributed by atoms with van der Waals surface area (Å²) in [5.41, 5.74) is 0. The Balaban J connectivity index is 2.26. The lowest BCUT2D eigenvalue weighted by Gasteiger charge is -2.20. The van der Waals surface area contributed by atoms with Gasteiger partial charge in [-0.25, -0.2) is 0 Å². The zero-order valence-electron chi connectivity index (χ0n) is 6.88. The van der Waals surface area contributed by atoms with Gasteiger partial charge >= 0.3 is 0 Å². The van der Waals surface area contributed by atoms with E-state index in [0.717, 1.165) is 6.42 Å². The highest BCUT2D eigenvalue weighted by Crippen LogP contribution is 2.18. The molecule has 1 aliphatic heterocycles. The fraction of sp³-hybridized carbons (Fsp3) is 1.00. The quantitative estimate of drug-likeness (QED) is 0.619. The minimum absolute atomic E-state index is 0.134. The highest BCUT2D eigenvalue weighted by atomic mass is 16.3. The molecule has 0 aromatic rings. The Morgan fingerprint density at radius 3 is 2.80 bits per heavy atom. The van der Waals surface area contributed by atoms with Gasteiger partial charge in [-0.15, -0.1) is 0 Å². The minimum Gasteiger partial charge on any atom is -0.393 e. The zero-order chi connectivity index (χ0) is 7.56. The zero-order valence-corrected chi connectivity index (χ0v) is 6.88. The van der Waals surface area contributed by atoms with Gasteiger partial charge in [-0.2, -0.15) is 0 Å². The van der Waals surface area contributed by atoms with E-state index in [-0.39, 0.29) is 6.10 Å². The first-order valence-electron chi connectivity index (χ1n) is 4.08. The monoisotopic (exact) mass is 143 g/mol. The van der Waals surface area contributed by atoms with Crippen LogP contribution in [0.1, 0.15) is 26.2 Å². The second kappa shape index (κ2) is 3.35. The molecule has 60 valence electrons. The van der Waals surface area contributed by atoms with Crippen LogP contribution in [0, 0.1) is 0 Å². The van der Waals surface area contributed by atoms with Crippen molar-refractivity contribution in [3.63, 3.8) is 0 Å². The highest BCUT2D eigenvalue weighted by Gasteiger charge is 2.21. The number of rotatable bonds is 2. The van der Waals surface area contributed by atoms with Crippen molar-refractivity contribution in [1.29, 1.82) is 0 Å². The Bertz CT molecular complexity index is 103. The van der Waals surface area contributed by atoms with Crippen molar-refractivity contribution in [1.82, 2.24) is 4.90 Å². The lowest BCUT2D eigenvalue weighted by Crippen LogP contribution is -2.27. The van der Waals surface area contributed by atoms with E-state index < -0.39 is 0 Å². The average Bonchev–Trinajstić information content (AvgIpc) is 2.15. The molecular weight excluding hydrogens is 126 g/mol. The predicted molar refractivity (Wildman–Crippen MR) is 41.9 cm³/mol. The number of aliphatic hydroxyl groups excluding tert-OH is 1. The van der Waals surface area contributed by atoms with Gasteiger partial charge in [0.1, 0.15) is 0 Å². The van der Waals surface area contributed by atoms with Gasteiger partial charge in [0.05, 0.1) is 6.10 Å². The molecule has 0 saturated carbocycles. The van der Waals surface area contributed by atoms with Crippen LogP contribution in [0.3, 0.4) is 0 Å². The molecule has 10 heavy (non-hydrogen) atoms. The number of aliphatic hydroxyl groups is 1.